The van der Waals surface area contributed by atoms with Gasteiger partial charge in [0.25, 0.3) is 0 Å². The number of quaternary nitrogens is 1. The molecule has 3 rings (SSSR count). The number of thiocyanates is 1. The van der Waals surface area contributed by atoms with Gasteiger partial charge >= 0.3 is 0 Å². The number of hydrogen-bond donors (Lipinski definition) is 1. The van der Waals surface area contributed by atoms with Crippen LogP contribution in [0.2, 0.25) is 0 Å². The van der Waals surface area contributed by atoms with E-state index in [-0.39, 0.29) is 5.54 Å². The highest BCUT2D eigenvalue weighted by atomic mass is 32.1. The van der Waals surface area contributed by atoms with Gasteiger partial charge in [-0.1, -0.05) is 96.4 Å². The average Bonchev–Trinajstić information content (AvgIpc) is 2.64. The Hall–Kier alpha value is -2.67. The fraction of sp³-hybridized carbons (Fsp3) is 0.0500. The molecule has 0 aliphatic heterocycles. The molecule has 0 saturated carbocycles. The van der Waals surface area contributed by atoms with Gasteiger partial charge in [-0.05, 0) is 0 Å². The zero-order valence-corrected chi connectivity index (χ0v) is 13.5. The van der Waals surface area contributed by atoms with Crippen LogP contribution < -0.4 is 5.73 Å². The fourth-order valence-corrected chi connectivity index (χ4v) is 2.67. The lowest BCUT2D eigenvalue weighted by Crippen LogP contribution is -2.71. The maximum atomic E-state index is 7.13. The van der Waals surface area contributed by atoms with E-state index in [2.05, 4.69) is 91.2 Å². The molecule has 3 aromatic carbocycles. The van der Waals surface area contributed by atoms with Crippen LogP contribution in [-0.4, -0.2) is 0 Å². The summed E-state index contributed by atoms with van der Waals surface area (Å²) in [5, 5.41) is 8.47. The van der Waals surface area contributed by atoms with E-state index >= 15 is 0 Å². The van der Waals surface area contributed by atoms with Crippen molar-refractivity contribution in [1.82, 2.24) is 0 Å². The van der Waals surface area contributed by atoms with Crippen molar-refractivity contribution in [2.75, 3.05) is 0 Å². The predicted molar refractivity (Wildman–Crippen MR) is 95.1 cm³/mol. The second-order valence-electron chi connectivity index (χ2n) is 5.09. The van der Waals surface area contributed by atoms with Crippen LogP contribution >= 0.6 is 0 Å². The van der Waals surface area contributed by atoms with Gasteiger partial charge in [0, 0.05) is 16.7 Å². The summed E-state index contributed by atoms with van der Waals surface area (Å²) in [6, 6.07) is 31.4. The molecular formula is C20H18N2S. The van der Waals surface area contributed by atoms with Gasteiger partial charge in [-0.2, -0.15) is 0 Å². The first-order valence-electron chi connectivity index (χ1n) is 7.26. The van der Waals surface area contributed by atoms with E-state index in [0.29, 0.717) is 0 Å². The molecule has 0 aromatic heterocycles. The molecule has 0 aliphatic carbocycles. The molecule has 0 amide bonds. The Kier molecular flexibility index (Phi) is 5.87. The third-order valence-electron chi connectivity index (χ3n) is 3.80. The van der Waals surface area contributed by atoms with Crippen LogP contribution in [0.25, 0.3) is 0 Å². The number of nitrogens with zero attached hydrogens (tertiary/aromatic N) is 1. The van der Waals surface area contributed by atoms with Crippen molar-refractivity contribution in [2.24, 2.45) is 0 Å². The molecule has 0 spiro atoms. The zero-order valence-electron chi connectivity index (χ0n) is 12.7. The van der Waals surface area contributed by atoms with E-state index in [4.69, 9.17) is 5.26 Å². The molecule has 0 bridgehead atoms. The van der Waals surface area contributed by atoms with Gasteiger partial charge in [-0.3, -0.25) is 0 Å². The highest BCUT2D eigenvalue weighted by Crippen LogP contribution is 2.31. The van der Waals surface area contributed by atoms with Crippen molar-refractivity contribution in [1.29, 1.82) is 5.26 Å². The lowest BCUT2D eigenvalue weighted by molar-refractivity contribution is -0.455. The van der Waals surface area contributed by atoms with Crippen molar-refractivity contribution in [3.05, 3.63) is 108 Å². The van der Waals surface area contributed by atoms with Crippen LogP contribution in [0.1, 0.15) is 16.7 Å². The third-order valence-corrected chi connectivity index (χ3v) is 3.80. The molecule has 2 nitrogen and oxygen atoms in total. The van der Waals surface area contributed by atoms with Crippen LogP contribution in [0.5, 0.6) is 0 Å². The standard InChI is InChI=1S/C19H17N.CHNS/c20-19(16-10-4-1-5-11-16,17-12-6-2-7-13-17)18-14-8-3-9-15-18;2-1-3/h1-15H,20H2;3H. The van der Waals surface area contributed by atoms with Crippen molar-refractivity contribution in [3.8, 4) is 5.40 Å². The topological polar surface area (TPSA) is 51.4 Å². The summed E-state index contributed by atoms with van der Waals surface area (Å²) in [7, 11) is 0. The monoisotopic (exact) mass is 318 g/mol. The molecular weight excluding hydrogens is 300 g/mol. The Balaban J connectivity index is 0.000000595. The number of benzene rings is 3. The molecule has 0 fully saturated rings. The summed E-state index contributed by atoms with van der Waals surface area (Å²) in [5.41, 5.74) is 7.83. The van der Waals surface area contributed by atoms with Crippen molar-refractivity contribution in [2.45, 2.75) is 5.54 Å². The Labute approximate surface area is 142 Å². The molecule has 3 heteroatoms. The van der Waals surface area contributed by atoms with Gasteiger partial charge in [-0.15, -0.1) is 0 Å². The zero-order chi connectivity index (χ0) is 16.5. The van der Waals surface area contributed by atoms with E-state index in [1.807, 2.05) is 18.2 Å². The van der Waals surface area contributed by atoms with Crippen LogP contribution in [0, 0.1) is 10.7 Å². The normalized spacial score (nSPS) is 10.1. The SMILES string of the molecule is N#C[S-].[NH3+]C(c1ccccc1)(c1ccccc1)c1ccccc1. The van der Waals surface area contributed by atoms with Gasteiger partial charge in [-0.25, -0.2) is 5.26 Å². The highest BCUT2D eigenvalue weighted by Gasteiger charge is 2.35. The number of nitriles is 1. The van der Waals surface area contributed by atoms with E-state index in [1.165, 1.54) is 22.1 Å². The van der Waals surface area contributed by atoms with E-state index in [9.17, 15) is 0 Å². The van der Waals surface area contributed by atoms with Crippen molar-refractivity contribution in [3.63, 3.8) is 0 Å². The smallest absolute Gasteiger partial charge is 0.172 e. The Morgan fingerprint density at radius 2 is 0.870 bits per heavy atom. The second kappa shape index (κ2) is 8.09. The molecule has 0 unspecified atom stereocenters. The molecule has 3 N–H and O–H groups in total. The van der Waals surface area contributed by atoms with Gasteiger partial charge in [0.15, 0.2) is 5.54 Å². The van der Waals surface area contributed by atoms with Crippen molar-refractivity contribution < 1.29 is 5.73 Å². The summed E-state index contributed by atoms with van der Waals surface area (Å²) < 4.78 is 0. The Morgan fingerprint density at radius 1 is 0.652 bits per heavy atom. The van der Waals surface area contributed by atoms with Crippen LogP contribution in [0.3, 0.4) is 0 Å². The highest BCUT2D eigenvalue weighted by molar-refractivity contribution is 7.64. The molecule has 0 atom stereocenters. The molecule has 0 radical (unpaired) electrons. The first-order valence-corrected chi connectivity index (χ1v) is 7.67. The first-order chi connectivity index (χ1) is 11.2. The molecule has 114 valence electrons. The number of hydrogen-bond acceptors (Lipinski definition) is 2. The minimum atomic E-state index is -0.371. The van der Waals surface area contributed by atoms with E-state index in [1.54, 1.807) is 0 Å². The van der Waals surface area contributed by atoms with Gasteiger partial charge < -0.3 is 18.4 Å². The summed E-state index contributed by atoms with van der Waals surface area (Å²) in [4.78, 5) is 0. The maximum absolute atomic E-state index is 7.13. The Bertz CT molecular complexity index is 653. The average molecular weight is 318 g/mol. The summed E-state index contributed by atoms with van der Waals surface area (Å²) >= 11 is 3.70. The minimum Gasteiger partial charge on any atom is -0.696 e. The minimum absolute atomic E-state index is 0.371. The molecule has 0 saturated heterocycles. The van der Waals surface area contributed by atoms with Gasteiger partial charge in [0.1, 0.15) is 0 Å². The van der Waals surface area contributed by atoms with E-state index in [0.717, 1.165) is 0 Å². The second-order valence-corrected chi connectivity index (χ2v) is 5.28. The van der Waals surface area contributed by atoms with Crippen LogP contribution in [0.4, 0.5) is 0 Å². The predicted octanol–water partition coefficient (Wildman–Crippen LogP) is 3.23. The van der Waals surface area contributed by atoms with Gasteiger partial charge in [0.2, 0.25) is 0 Å². The number of rotatable bonds is 3. The molecule has 0 heterocycles. The summed E-state index contributed by atoms with van der Waals surface area (Å²) in [6.45, 7) is 0. The summed E-state index contributed by atoms with van der Waals surface area (Å²) in [6.07, 6.45) is 0. The van der Waals surface area contributed by atoms with Crippen LogP contribution in [-0.2, 0) is 18.2 Å². The first kappa shape index (κ1) is 16.7. The Morgan fingerprint density at radius 3 is 1.09 bits per heavy atom. The van der Waals surface area contributed by atoms with Crippen LogP contribution in [0.15, 0.2) is 91.0 Å². The van der Waals surface area contributed by atoms with Crippen molar-refractivity contribution >= 4 is 12.6 Å². The molecule has 0 aliphatic rings. The third kappa shape index (κ3) is 3.75. The van der Waals surface area contributed by atoms with E-state index < -0.39 is 0 Å². The summed E-state index contributed by atoms with van der Waals surface area (Å²) in [5.74, 6) is 0. The quantitative estimate of drug-likeness (QED) is 0.458. The lowest BCUT2D eigenvalue weighted by Gasteiger charge is -2.27. The molecule has 3 aromatic rings. The van der Waals surface area contributed by atoms with Gasteiger partial charge in [0.05, 0.1) is 0 Å². The largest absolute Gasteiger partial charge is 0.696 e. The fourth-order valence-electron chi connectivity index (χ4n) is 2.67. The maximum Gasteiger partial charge on any atom is 0.172 e. The molecule has 23 heavy (non-hydrogen) atoms. The lowest BCUT2D eigenvalue weighted by atomic mass is 9.78.